The Bertz CT molecular complexity index is 944. The van der Waals surface area contributed by atoms with Gasteiger partial charge in [-0.2, -0.15) is 5.10 Å². The van der Waals surface area contributed by atoms with Crippen LogP contribution in [0.5, 0.6) is 0 Å². The molecule has 1 saturated heterocycles. The van der Waals surface area contributed by atoms with E-state index in [0.717, 1.165) is 6.07 Å². The molecule has 0 bridgehead atoms. The molecule has 0 saturated carbocycles. The zero-order chi connectivity index (χ0) is 18.8. The van der Waals surface area contributed by atoms with Crippen LogP contribution in [0.2, 0.25) is 0 Å². The van der Waals surface area contributed by atoms with Gasteiger partial charge in [-0.25, -0.2) is 14.0 Å². The molecule has 1 aromatic heterocycles. The van der Waals surface area contributed by atoms with Crippen LogP contribution >= 0.6 is 0 Å². The van der Waals surface area contributed by atoms with E-state index in [4.69, 9.17) is 14.9 Å². The Morgan fingerprint density at radius 2 is 2.15 bits per heavy atom. The first-order chi connectivity index (χ1) is 12.4. The summed E-state index contributed by atoms with van der Waals surface area (Å²) in [6.07, 6.45) is -0.0216. The molecule has 134 valence electrons. The number of carboxylic acids is 1. The van der Waals surface area contributed by atoms with Crippen LogP contribution in [0.25, 0.3) is 0 Å². The molecule has 2 heterocycles. The van der Waals surface area contributed by atoms with Gasteiger partial charge >= 0.3 is 12.1 Å². The standard InChI is InChI=1S/C17H14FN3O5/c1-20-15(16(23)24)11(7-19-20)3-2-10-4-5-12(6-14(10)18)21-8-13(9-22)26-17(21)25/h4-7,13,22H,8-9H2,1H3,(H,23,24)/t13-/m1/s1. The molecule has 1 aliphatic heterocycles. The van der Waals surface area contributed by atoms with Crippen LogP contribution in [0.4, 0.5) is 14.9 Å². The van der Waals surface area contributed by atoms with Gasteiger partial charge in [0.25, 0.3) is 0 Å². The Kier molecular flexibility index (Phi) is 4.60. The summed E-state index contributed by atoms with van der Waals surface area (Å²) >= 11 is 0. The maximum Gasteiger partial charge on any atom is 0.414 e. The van der Waals surface area contributed by atoms with Crippen molar-refractivity contribution in [3.63, 3.8) is 0 Å². The number of nitrogens with zero attached hydrogens (tertiary/aromatic N) is 3. The first-order valence-corrected chi connectivity index (χ1v) is 7.56. The second-order valence-electron chi connectivity index (χ2n) is 5.55. The number of aliphatic hydroxyl groups excluding tert-OH is 1. The van der Waals surface area contributed by atoms with E-state index in [1.54, 1.807) is 0 Å². The highest BCUT2D eigenvalue weighted by molar-refractivity contribution is 5.90. The summed E-state index contributed by atoms with van der Waals surface area (Å²) in [4.78, 5) is 24.1. The van der Waals surface area contributed by atoms with Gasteiger partial charge in [-0.15, -0.1) is 0 Å². The molecular formula is C17H14FN3O5. The number of cyclic esters (lactones) is 1. The number of hydrogen-bond acceptors (Lipinski definition) is 5. The van der Waals surface area contributed by atoms with Crippen molar-refractivity contribution < 1.29 is 28.9 Å². The molecule has 0 aliphatic carbocycles. The lowest BCUT2D eigenvalue weighted by molar-refractivity contribution is 0.0684. The zero-order valence-corrected chi connectivity index (χ0v) is 13.6. The maximum absolute atomic E-state index is 14.3. The molecule has 0 radical (unpaired) electrons. The monoisotopic (exact) mass is 359 g/mol. The SMILES string of the molecule is Cn1ncc(C#Cc2ccc(N3C[C@H](CO)OC3=O)cc2F)c1C(=O)O. The fourth-order valence-corrected chi connectivity index (χ4v) is 2.52. The lowest BCUT2D eigenvalue weighted by Crippen LogP contribution is -2.25. The lowest BCUT2D eigenvalue weighted by atomic mass is 10.1. The van der Waals surface area contributed by atoms with E-state index in [1.165, 1.54) is 35.0 Å². The summed E-state index contributed by atoms with van der Waals surface area (Å²) in [6, 6.07) is 4.01. The van der Waals surface area contributed by atoms with E-state index in [0.29, 0.717) is 0 Å². The highest BCUT2D eigenvalue weighted by atomic mass is 19.1. The number of hydrogen-bond donors (Lipinski definition) is 2. The van der Waals surface area contributed by atoms with E-state index in [9.17, 15) is 14.0 Å². The largest absolute Gasteiger partial charge is 0.476 e. The summed E-state index contributed by atoms with van der Waals surface area (Å²) < 4.78 is 20.4. The van der Waals surface area contributed by atoms with Crippen LogP contribution in [-0.4, -0.2) is 51.3 Å². The van der Waals surface area contributed by atoms with Gasteiger partial charge in [-0.3, -0.25) is 9.58 Å². The van der Waals surface area contributed by atoms with Crippen molar-refractivity contribution in [3.8, 4) is 11.8 Å². The number of benzene rings is 1. The molecule has 0 spiro atoms. The zero-order valence-electron chi connectivity index (χ0n) is 13.6. The van der Waals surface area contributed by atoms with Crippen molar-refractivity contribution in [2.24, 2.45) is 7.05 Å². The highest BCUT2D eigenvalue weighted by Crippen LogP contribution is 2.23. The fourth-order valence-electron chi connectivity index (χ4n) is 2.52. The maximum atomic E-state index is 14.3. The Balaban J connectivity index is 1.86. The average Bonchev–Trinajstić information content (AvgIpc) is 3.16. The molecule has 1 aliphatic rings. The molecular weight excluding hydrogens is 345 g/mol. The first-order valence-electron chi connectivity index (χ1n) is 7.56. The number of rotatable bonds is 3. The van der Waals surface area contributed by atoms with E-state index in [-0.39, 0.29) is 35.7 Å². The predicted molar refractivity (Wildman–Crippen MR) is 87.2 cm³/mol. The third-order valence-corrected chi connectivity index (χ3v) is 3.82. The minimum absolute atomic E-state index is 0.0419. The highest BCUT2D eigenvalue weighted by Gasteiger charge is 2.32. The second kappa shape index (κ2) is 6.85. The van der Waals surface area contributed by atoms with Crippen molar-refractivity contribution in [2.45, 2.75) is 6.10 Å². The van der Waals surface area contributed by atoms with Gasteiger partial charge in [0.15, 0.2) is 5.69 Å². The molecule has 9 heteroatoms. The van der Waals surface area contributed by atoms with Gasteiger partial charge in [0.2, 0.25) is 0 Å². The number of aliphatic hydroxyl groups is 1. The summed E-state index contributed by atoms with van der Waals surface area (Å²) in [6.45, 7) is -0.192. The quantitative estimate of drug-likeness (QED) is 0.792. The van der Waals surface area contributed by atoms with Crippen LogP contribution in [0.15, 0.2) is 24.4 Å². The average molecular weight is 359 g/mol. The van der Waals surface area contributed by atoms with Crippen LogP contribution in [0.3, 0.4) is 0 Å². The predicted octanol–water partition coefficient (Wildman–Crippen LogP) is 0.975. The second-order valence-corrected chi connectivity index (χ2v) is 5.55. The van der Waals surface area contributed by atoms with Gasteiger partial charge in [0.05, 0.1) is 36.2 Å². The Hall–Kier alpha value is -3.38. The van der Waals surface area contributed by atoms with Crippen molar-refractivity contribution in [1.82, 2.24) is 9.78 Å². The number of ether oxygens (including phenoxy) is 1. The minimum Gasteiger partial charge on any atom is -0.476 e. The van der Waals surface area contributed by atoms with Gasteiger partial charge < -0.3 is 14.9 Å². The molecule has 2 aromatic rings. The van der Waals surface area contributed by atoms with E-state index in [2.05, 4.69) is 16.9 Å². The summed E-state index contributed by atoms with van der Waals surface area (Å²) in [5.41, 5.74) is 0.392. The van der Waals surface area contributed by atoms with Gasteiger partial charge in [-0.1, -0.05) is 11.8 Å². The van der Waals surface area contributed by atoms with Crippen LogP contribution in [-0.2, 0) is 11.8 Å². The van der Waals surface area contributed by atoms with Crippen molar-refractivity contribution in [1.29, 1.82) is 0 Å². The summed E-state index contributed by atoms with van der Waals surface area (Å²) in [5, 5.41) is 22.0. The van der Waals surface area contributed by atoms with E-state index < -0.39 is 24.0 Å². The van der Waals surface area contributed by atoms with Gasteiger partial charge in [0.1, 0.15) is 11.9 Å². The van der Waals surface area contributed by atoms with Crippen molar-refractivity contribution in [3.05, 3.63) is 47.0 Å². The number of halogens is 1. The molecule has 1 fully saturated rings. The number of amides is 1. The number of aromatic nitrogens is 2. The third-order valence-electron chi connectivity index (χ3n) is 3.82. The first kappa shape index (κ1) is 17.4. The lowest BCUT2D eigenvalue weighted by Gasteiger charge is -2.13. The number of anilines is 1. The van der Waals surface area contributed by atoms with Crippen LogP contribution < -0.4 is 4.90 Å². The van der Waals surface area contributed by atoms with Gasteiger partial charge in [0, 0.05) is 7.05 Å². The van der Waals surface area contributed by atoms with Crippen LogP contribution in [0.1, 0.15) is 21.6 Å². The smallest absolute Gasteiger partial charge is 0.414 e. The summed E-state index contributed by atoms with van der Waals surface area (Å²) in [7, 11) is 1.47. The Labute approximate surface area is 147 Å². The number of aromatic carboxylic acids is 1. The molecule has 3 rings (SSSR count). The van der Waals surface area contributed by atoms with Crippen molar-refractivity contribution >= 4 is 17.7 Å². The number of carboxylic acid groups (broad SMARTS) is 1. The molecule has 26 heavy (non-hydrogen) atoms. The molecule has 0 unspecified atom stereocenters. The van der Waals surface area contributed by atoms with E-state index >= 15 is 0 Å². The Morgan fingerprint density at radius 3 is 2.77 bits per heavy atom. The van der Waals surface area contributed by atoms with Gasteiger partial charge in [-0.05, 0) is 18.2 Å². The minimum atomic E-state index is -1.18. The topological polar surface area (TPSA) is 105 Å². The molecule has 1 amide bonds. The van der Waals surface area contributed by atoms with Crippen molar-refractivity contribution in [2.75, 3.05) is 18.1 Å². The normalized spacial score (nSPS) is 16.2. The molecule has 1 aromatic carbocycles. The third kappa shape index (κ3) is 3.22. The fraction of sp³-hybridized carbons (Fsp3) is 0.235. The Morgan fingerprint density at radius 1 is 1.42 bits per heavy atom. The number of aryl methyl sites for hydroxylation is 1. The number of carbonyl (C=O) groups is 2. The number of carbonyl (C=O) groups excluding carboxylic acids is 1. The van der Waals surface area contributed by atoms with Crippen LogP contribution in [0, 0.1) is 17.7 Å². The summed E-state index contributed by atoms with van der Waals surface area (Å²) in [5.74, 6) is 3.31. The molecule has 2 N–H and O–H groups in total. The van der Waals surface area contributed by atoms with E-state index in [1.807, 2.05) is 0 Å². The molecule has 1 atom stereocenters. The molecule has 8 nitrogen and oxygen atoms in total.